The molecular formula is C27H29ClN2O2. The summed E-state index contributed by atoms with van der Waals surface area (Å²) in [5.41, 5.74) is 3.56. The molecule has 32 heavy (non-hydrogen) atoms. The third-order valence-corrected chi connectivity index (χ3v) is 6.46. The van der Waals surface area contributed by atoms with Crippen LogP contribution in [0.2, 0.25) is 5.02 Å². The third kappa shape index (κ3) is 5.39. The number of methoxy groups -OCH3 is 1. The Morgan fingerprint density at radius 1 is 1.09 bits per heavy atom. The zero-order chi connectivity index (χ0) is 22.4. The van der Waals surface area contributed by atoms with E-state index >= 15 is 0 Å². The van der Waals surface area contributed by atoms with Crippen LogP contribution in [0.4, 0.5) is 0 Å². The van der Waals surface area contributed by atoms with E-state index in [1.54, 1.807) is 13.3 Å². The van der Waals surface area contributed by atoms with Gasteiger partial charge in [-0.3, -0.25) is 4.98 Å². The predicted molar refractivity (Wildman–Crippen MR) is 130 cm³/mol. The van der Waals surface area contributed by atoms with Gasteiger partial charge in [-0.2, -0.15) is 0 Å². The zero-order valence-electron chi connectivity index (χ0n) is 18.4. The summed E-state index contributed by atoms with van der Waals surface area (Å²) >= 11 is 6.00. The van der Waals surface area contributed by atoms with Crippen molar-refractivity contribution in [1.29, 1.82) is 0 Å². The van der Waals surface area contributed by atoms with E-state index in [2.05, 4.69) is 34.2 Å². The number of benzene rings is 2. The average Bonchev–Trinajstić information content (AvgIpc) is 2.84. The Labute approximate surface area is 195 Å². The van der Waals surface area contributed by atoms with Crippen molar-refractivity contribution in [3.05, 3.63) is 101 Å². The summed E-state index contributed by atoms with van der Waals surface area (Å²) in [4.78, 5) is 6.73. The maximum absolute atomic E-state index is 11.1. The summed E-state index contributed by atoms with van der Waals surface area (Å²) in [5, 5.41) is 11.8. The quantitative estimate of drug-likeness (QED) is 0.514. The molecule has 1 aromatic heterocycles. The minimum absolute atomic E-state index is 0.696. The SMILES string of the molecule is COc1cccc(C(=CCCN2CCC(O)(c3ccc(Cl)cc3)CC2)c2cccnc2)c1. The molecule has 1 aliphatic rings. The van der Waals surface area contributed by atoms with E-state index in [-0.39, 0.29) is 0 Å². The van der Waals surface area contributed by atoms with E-state index in [9.17, 15) is 5.11 Å². The summed E-state index contributed by atoms with van der Waals surface area (Å²) in [5.74, 6) is 0.842. The molecule has 0 atom stereocenters. The molecule has 1 fully saturated rings. The van der Waals surface area contributed by atoms with Crippen molar-refractivity contribution in [1.82, 2.24) is 9.88 Å². The van der Waals surface area contributed by atoms with Gasteiger partial charge in [0, 0.05) is 42.6 Å². The highest BCUT2D eigenvalue weighted by atomic mass is 35.5. The second-order valence-electron chi connectivity index (χ2n) is 8.26. The Morgan fingerprint density at radius 3 is 2.53 bits per heavy atom. The van der Waals surface area contributed by atoms with Gasteiger partial charge in [-0.05, 0) is 66.3 Å². The number of piperidine rings is 1. The van der Waals surface area contributed by atoms with Gasteiger partial charge in [0.25, 0.3) is 0 Å². The summed E-state index contributed by atoms with van der Waals surface area (Å²) in [6.07, 6.45) is 8.35. The molecule has 5 heteroatoms. The number of likely N-dealkylation sites (tertiary alicyclic amines) is 1. The number of halogens is 1. The van der Waals surface area contributed by atoms with E-state index < -0.39 is 5.60 Å². The van der Waals surface area contributed by atoms with Crippen molar-refractivity contribution in [2.75, 3.05) is 26.7 Å². The number of aliphatic hydroxyl groups is 1. The Hall–Kier alpha value is -2.66. The molecule has 0 bridgehead atoms. The molecule has 1 N–H and O–H groups in total. The van der Waals surface area contributed by atoms with Gasteiger partial charge in [-0.25, -0.2) is 0 Å². The summed E-state index contributed by atoms with van der Waals surface area (Å²) in [6.45, 7) is 2.69. The van der Waals surface area contributed by atoms with Crippen LogP contribution in [0.25, 0.3) is 5.57 Å². The van der Waals surface area contributed by atoms with Gasteiger partial charge in [-0.1, -0.05) is 48.0 Å². The molecule has 1 saturated heterocycles. The number of rotatable bonds is 7. The molecule has 166 valence electrons. The molecule has 3 aromatic rings. The third-order valence-electron chi connectivity index (χ3n) is 6.21. The van der Waals surface area contributed by atoms with E-state index in [0.717, 1.165) is 66.9 Å². The first-order valence-electron chi connectivity index (χ1n) is 11.0. The van der Waals surface area contributed by atoms with Crippen LogP contribution in [0.5, 0.6) is 5.75 Å². The maximum Gasteiger partial charge on any atom is 0.119 e. The van der Waals surface area contributed by atoms with Crippen LogP contribution in [-0.4, -0.2) is 41.7 Å². The first-order chi connectivity index (χ1) is 15.6. The van der Waals surface area contributed by atoms with Crippen LogP contribution in [0.15, 0.2) is 79.1 Å². The molecule has 4 nitrogen and oxygen atoms in total. The van der Waals surface area contributed by atoms with E-state index in [1.807, 2.05) is 48.7 Å². The van der Waals surface area contributed by atoms with Crippen LogP contribution in [0.3, 0.4) is 0 Å². The Kier molecular flexibility index (Phi) is 7.26. The van der Waals surface area contributed by atoms with Crippen LogP contribution in [0.1, 0.15) is 36.0 Å². The largest absolute Gasteiger partial charge is 0.497 e. The van der Waals surface area contributed by atoms with Crippen molar-refractivity contribution in [3.63, 3.8) is 0 Å². The van der Waals surface area contributed by atoms with Gasteiger partial charge in [0.2, 0.25) is 0 Å². The number of hydrogen-bond donors (Lipinski definition) is 1. The fourth-order valence-electron chi connectivity index (χ4n) is 4.30. The molecule has 0 aliphatic carbocycles. The number of aromatic nitrogens is 1. The molecule has 2 heterocycles. The van der Waals surface area contributed by atoms with Crippen LogP contribution >= 0.6 is 11.6 Å². The number of ether oxygens (including phenoxy) is 1. The first kappa shape index (κ1) is 22.5. The summed E-state index contributed by atoms with van der Waals surface area (Å²) < 4.78 is 5.42. The first-order valence-corrected chi connectivity index (χ1v) is 11.4. The van der Waals surface area contributed by atoms with Crippen LogP contribution < -0.4 is 4.74 Å². The second-order valence-corrected chi connectivity index (χ2v) is 8.70. The minimum atomic E-state index is -0.765. The lowest BCUT2D eigenvalue weighted by atomic mass is 9.84. The number of nitrogens with zero attached hydrogens (tertiary/aromatic N) is 2. The fourth-order valence-corrected chi connectivity index (χ4v) is 4.43. The van der Waals surface area contributed by atoms with Gasteiger partial charge in [0.05, 0.1) is 12.7 Å². The Morgan fingerprint density at radius 2 is 1.84 bits per heavy atom. The number of pyridine rings is 1. The van der Waals surface area contributed by atoms with E-state index in [0.29, 0.717) is 5.02 Å². The lowest BCUT2D eigenvalue weighted by Crippen LogP contribution is -2.42. The minimum Gasteiger partial charge on any atom is -0.497 e. The Balaban J connectivity index is 1.42. The van der Waals surface area contributed by atoms with E-state index in [4.69, 9.17) is 16.3 Å². The lowest BCUT2D eigenvalue weighted by molar-refractivity contribution is -0.0254. The molecule has 0 saturated carbocycles. The monoisotopic (exact) mass is 448 g/mol. The van der Waals surface area contributed by atoms with Crippen molar-refractivity contribution >= 4 is 17.2 Å². The lowest BCUT2D eigenvalue weighted by Gasteiger charge is -2.38. The zero-order valence-corrected chi connectivity index (χ0v) is 19.1. The smallest absolute Gasteiger partial charge is 0.119 e. The normalized spacial score (nSPS) is 16.7. The fraction of sp³-hybridized carbons (Fsp3) is 0.296. The maximum atomic E-state index is 11.1. The molecule has 0 radical (unpaired) electrons. The summed E-state index contributed by atoms with van der Waals surface area (Å²) in [6, 6.07) is 19.8. The molecular weight excluding hydrogens is 420 g/mol. The van der Waals surface area contributed by atoms with Crippen LogP contribution in [-0.2, 0) is 5.60 Å². The highest BCUT2D eigenvalue weighted by Gasteiger charge is 2.33. The topological polar surface area (TPSA) is 45.6 Å². The molecule has 1 aliphatic heterocycles. The standard InChI is InChI=1S/C27H29ClN2O2/c1-32-25-7-2-5-21(19-25)26(22-6-3-15-29-20-22)8-4-16-30-17-13-27(31,14-18-30)23-9-11-24(28)12-10-23/h2-3,5-12,15,19-20,31H,4,13-14,16-18H2,1H3. The highest BCUT2D eigenvalue weighted by Crippen LogP contribution is 2.33. The predicted octanol–water partition coefficient (Wildman–Crippen LogP) is 5.55. The average molecular weight is 449 g/mol. The van der Waals surface area contributed by atoms with Gasteiger partial charge < -0.3 is 14.7 Å². The molecule has 2 aromatic carbocycles. The molecule has 4 rings (SSSR count). The van der Waals surface area contributed by atoms with Gasteiger partial charge in [-0.15, -0.1) is 0 Å². The van der Waals surface area contributed by atoms with Gasteiger partial charge >= 0.3 is 0 Å². The van der Waals surface area contributed by atoms with Gasteiger partial charge in [0.1, 0.15) is 5.75 Å². The van der Waals surface area contributed by atoms with Crippen molar-refractivity contribution in [2.45, 2.75) is 24.9 Å². The molecule has 0 spiro atoms. The highest BCUT2D eigenvalue weighted by molar-refractivity contribution is 6.30. The van der Waals surface area contributed by atoms with Crippen molar-refractivity contribution in [3.8, 4) is 5.75 Å². The molecule has 0 amide bonds. The van der Waals surface area contributed by atoms with Crippen LogP contribution in [0, 0.1) is 0 Å². The number of hydrogen-bond acceptors (Lipinski definition) is 4. The van der Waals surface area contributed by atoms with Gasteiger partial charge in [0.15, 0.2) is 0 Å². The van der Waals surface area contributed by atoms with Crippen molar-refractivity contribution in [2.24, 2.45) is 0 Å². The summed E-state index contributed by atoms with van der Waals surface area (Å²) in [7, 11) is 1.69. The Bertz CT molecular complexity index is 1040. The second kappa shape index (κ2) is 10.3. The van der Waals surface area contributed by atoms with Crippen molar-refractivity contribution < 1.29 is 9.84 Å². The van der Waals surface area contributed by atoms with E-state index in [1.165, 1.54) is 0 Å². The molecule has 0 unspecified atom stereocenters.